The van der Waals surface area contributed by atoms with Crippen LogP contribution in [0.15, 0.2) is 46.9 Å². The van der Waals surface area contributed by atoms with Crippen molar-refractivity contribution in [3.05, 3.63) is 48.0 Å². The van der Waals surface area contributed by atoms with Gasteiger partial charge >= 0.3 is 0 Å². The monoisotopic (exact) mass is 322 g/mol. The van der Waals surface area contributed by atoms with Gasteiger partial charge in [0.05, 0.1) is 0 Å². The van der Waals surface area contributed by atoms with Crippen LogP contribution >= 0.6 is 0 Å². The molecule has 1 N–H and O–H groups in total. The van der Waals surface area contributed by atoms with Gasteiger partial charge < -0.3 is 14.5 Å². The molecular formula is C19H18N2O3. The van der Waals surface area contributed by atoms with Crippen LogP contribution in [0.25, 0.3) is 22.6 Å². The lowest BCUT2D eigenvalue weighted by atomic mass is 10.2. The molecule has 0 radical (unpaired) electrons. The van der Waals surface area contributed by atoms with Crippen LogP contribution in [0, 0.1) is 6.92 Å². The van der Waals surface area contributed by atoms with Crippen LogP contribution in [0.2, 0.25) is 0 Å². The van der Waals surface area contributed by atoms with E-state index in [9.17, 15) is 4.79 Å². The normalized spacial score (nSPS) is 17.3. The number of nitrogens with zero attached hydrogens (tertiary/aromatic N) is 1. The van der Waals surface area contributed by atoms with Gasteiger partial charge in [-0.15, -0.1) is 0 Å². The minimum atomic E-state index is -0.329. The van der Waals surface area contributed by atoms with E-state index in [4.69, 9.17) is 9.15 Å². The van der Waals surface area contributed by atoms with Crippen LogP contribution in [0.4, 0.5) is 5.69 Å². The Hall–Kier alpha value is -2.66. The summed E-state index contributed by atoms with van der Waals surface area (Å²) in [6.07, 6.45) is 1.39. The number of anilines is 1. The van der Waals surface area contributed by atoms with Crippen LogP contribution in [0.3, 0.4) is 0 Å². The number of rotatable bonds is 3. The van der Waals surface area contributed by atoms with Crippen LogP contribution < -0.4 is 5.32 Å². The van der Waals surface area contributed by atoms with E-state index in [0.29, 0.717) is 12.5 Å². The first-order valence-corrected chi connectivity index (χ1v) is 8.09. The molecule has 0 unspecified atom stereocenters. The number of nitrogens with one attached hydrogen (secondary N) is 1. The Labute approximate surface area is 139 Å². The van der Waals surface area contributed by atoms with Gasteiger partial charge in [0.25, 0.3) is 5.91 Å². The minimum Gasteiger partial charge on any atom is -0.436 e. The summed E-state index contributed by atoms with van der Waals surface area (Å²) in [7, 11) is 0. The fourth-order valence-electron chi connectivity index (χ4n) is 2.86. The molecule has 2 aromatic carbocycles. The van der Waals surface area contributed by atoms with Crippen LogP contribution in [-0.4, -0.2) is 23.6 Å². The van der Waals surface area contributed by atoms with Crippen molar-refractivity contribution >= 4 is 22.7 Å². The van der Waals surface area contributed by atoms with Gasteiger partial charge in [0.1, 0.15) is 11.6 Å². The highest BCUT2D eigenvalue weighted by Crippen LogP contribution is 2.26. The van der Waals surface area contributed by atoms with Crippen molar-refractivity contribution in [1.29, 1.82) is 0 Å². The molecule has 0 bridgehead atoms. The predicted molar refractivity (Wildman–Crippen MR) is 91.8 cm³/mol. The number of hydrogen-bond acceptors (Lipinski definition) is 4. The number of amides is 1. The number of carbonyl (C=O) groups is 1. The summed E-state index contributed by atoms with van der Waals surface area (Å²) in [5.41, 5.74) is 4.37. The molecule has 4 rings (SSSR count). The Morgan fingerprint density at radius 3 is 2.79 bits per heavy atom. The minimum absolute atomic E-state index is 0.0856. The number of hydrogen-bond donors (Lipinski definition) is 1. The molecule has 1 fully saturated rings. The topological polar surface area (TPSA) is 64.4 Å². The zero-order valence-corrected chi connectivity index (χ0v) is 13.4. The van der Waals surface area contributed by atoms with Crippen LogP contribution in [0.1, 0.15) is 18.4 Å². The van der Waals surface area contributed by atoms with Gasteiger partial charge in [-0.3, -0.25) is 4.79 Å². The third-order valence-corrected chi connectivity index (χ3v) is 4.17. The molecule has 24 heavy (non-hydrogen) atoms. The molecule has 1 amide bonds. The van der Waals surface area contributed by atoms with Crippen molar-refractivity contribution < 1.29 is 13.9 Å². The molecule has 1 saturated heterocycles. The average molecular weight is 322 g/mol. The number of aryl methyl sites for hydroxylation is 1. The van der Waals surface area contributed by atoms with Gasteiger partial charge in [-0.25, -0.2) is 4.98 Å². The summed E-state index contributed by atoms with van der Waals surface area (Å²) >= 11 is 0. The molecule has 122 valence electrons. The molecule has 1 aromatic heterocycles. The Morgan fingerprint density at radius 1 is 1.21 bits per heavy atom. The molecule has 5 heteroatoms. The van der Waals surface area contributed by atoms with E-state index in [1.807, 2.05) is 49.4 Å². The lowest BCUT2D eigenvalue weighted by Gasteiger charge is -2.10. The Bertz CT molecular complexity index is 877. The largest absolute Gasteiger partial charge is 0.436 e. The first kappa shape index (κ1) is 14.9. The second kappa shape index (κ2) is 6.09. The standard InChI is InChI=1S/C19H18N2O3/c1-12-4-9-15-17(11-12)24-19(21-15)13-5-7-14(8-6-13)20-18(22)16-3-2-10-23-16/h4-9,11,16H,2-3,10H2,1H3,(H,20,22)/t16-/m1/s1. The Kier molecular flexibility index (Phi) is 3.78. The molecule has 0 spiro atoms. The van der Waals surface area contributed by atoms with E-state index >= 15 is 0 Å². The Morgan fingerprint density at radius 2 is 2.04 bits per heavy atom. The molecule has 3 aromatic rings. The van der Waals surface area contributed by atoms with Crippen molar-refractivity contribution in [2.24, 2.45) is 0 Å². The van der Waals surface area contributed by atoms with Crippen molar-refractivity contribution in [2.75, 3.05) is 11.9 Å². The Balaban J connectivity index is 1.53. The van der Waals surface area contributed by atoms with E-state index < -0.39 is 0 Å². The third kappa shape index (κ3) is 2.90. The third-order valence-electron chi connectivity index (χ3n) is 4.17. The number of benzene rings is 2. The van der Waals surface area contributed by atoms with Gasteiger partial charge in [-0.05, 0) is 61.7 Å². The van der Waals surface area contributed by atoms with Crippen LogP contribution in [0.5, 0.6) is 0 Å². The predicted octanol–water partition coefficient (Wildman–Crippen LogP) is 3.92. The molecule has 0 saturated carbocycles. The summed E-state index contributed by atoms with van der Waals surface area (Å²) in [4.78, 5) is 16.6. The maximum absolute atomic E-state index is 12.1. The highest BCUT2D eigenvalue weighted by molar-refractivity contribution is 5.94. The zero-order valence-electron chi connectivity index (χ0n) is 13.4. The van der Waals surface area contributed by atoms with Gasteiger partial charge in [0, 0.05) is 17.9 Å². The highest BCUT2D eigenvalue weighted by Gasteiger charge is 2.23. The number of fused-ring (bicyclic) bond motifs is 1. The molecule has 1 aliphatic heterocycles. The summed E-state index contributed by atoms with van der Waals surface area (Å²) in [5.74, 6) is 0.491. The van der Waals surface area contributed by atoms with Crippen molar-refractivity contribution in [1.82, 2.24) is 4.98 Å². The van der Waals surface area contributed by atoms with E-state index in [1.54, 1.807) is 0 Å². The maximum Gasteiger partial charge on any atom is 0.253 e. The van der Waals surface area contributed by atoms with Gasteiger partial charge in [-0.2, -0.15) is 0 Å². The van der Waals surface area contributed by atoms with Gasteiger partial charge in [-0.1, -0.05) is 6.07 Å². The van der Waals surface area contributed by atoms with Gasteiger partial charge in [0.2, 0.25) is 5.89 Å². The number of aromatic nitrogens is 1. The average Bonchev–Trinajstić information content (AvgIpc) is 3.24. The molecule has 5 nitrogen and oxygen atoms in total. The summed E-state index contributed by atoms with van der Waals surface area (Å²) in [5, 5.41) is 2.88. The first-order valence-electron chi connectivity index (χ1n) is 8.09. The lowest BCUT2D eigenvalue weighted by Crippen LogP contribution is -2.26. The fourth-order valence-corrected chi connectivity index (χ4v) is 2.86. The highest BCUT2D eigenvalue weighted by atomic mass is 16.5. The van der Waals surface area contributed by atoms with Crippen LogP contribution in [-0.2, 0) is 9.53 Å². The van der Waals surface area contributed by atoms with E-state index in [0.717, 1.165) is 40.8 Å². The van der Waals surface area contributed by atoms with Gasteiger partial charge in [0.15, 0.2) is 5.58 Å². The van der Waals surface area contributed by atoms with Crippen molar-refractivity contribution in [3.8, 4) is 11.5 Å². The van der Waals surface area contributed by atoms with Crippen molar-refractivity contribution in [2.45, 2.75) is 25.9 Å². The van der Waals surface area contributed by atoms with E-state index in [1.165, 1.54) is 0 Å². The second-order valence-corrected chi connectivity index (χ2v) is 6.06. The molecule has 2 heterocycles. The molecular weight excluding hydrogens is 304 g/mol. The smallest absolute Gasteiger partial charge is 0.253 e. The summed E-state index contributed by atoms with van der Waals surface area (Å²) in [6, 6.07) is 13.4. The van der Waals surface area contributed by atoms with Crippen molar-refractivity contribution in [3.63, 3.8) is 0 Å². The number of ether oxygens (including phenoxy) is 1. The van der Waals surface area contributed by atoms with E-state index in [-0.39, 0.29) is 12.0 Å². The maximum atomic E-state index is 12.1. The molecule has 1 atom stereocenters. The first-order chi connectivity index (χ1) is 11.7. The molecule has 0 aliphatic carbocycles. The number of oxazole rings is 1. The van der Waals surface area contributed by atoms with E-state index in [2.05, 4.69) is 10.3 Å². The SMILES string of the molecule is Cc1ccc2nc(-c3ccc(NC(=O)[C@H]4CCCO4)cc3)oc2c1. The lowest BCUT2D eigenvalue weighted by molar-refractivity contribution is -0.124. The molecule has 1 aliphatic rings. The summed E-state index contributed by atoms with van der Waals surface area (Å²) < 4.78 is 11.2. The quantitative estimate of drug-likeness (QED) is 0.794. The zero-order chi connectivity index (χ0) is 16.5. The second-order valence-electron chi connectivity index (χ2n) is 6.06. The number of carbonyl (C=O) groups excluding carboxylic acids is 1. The summed E-state index contributed by atoms with van der Waals surface area (Å²) in [6.45, 7) is 2.68. The fraction of sp³-hybridized carbons (Fsp3) is 0.263.